The van der Waals surface area contributed by atoms with Gasteiger partial charge in [-0.2, -0.15) is 0 Å². The van der Waals surface area contributed by atoms with E-state index in [2.05, 4.69) is 11.4 Å². The topological polar surface area (TPSA) is 88.2 Å². The van der Waals surface area contributed by atoms with Crippen molar-refractivity contribution in [3.05, 3.63) is 29.3 Å². The smallest absolute Gasteiger partial charge is 0.325 e. The van der Waals surface area contributed by atoms with Gasteiger partial charge in [-0.3, -0.25) is 14.5 Å². The number of ether oxygens (including phenoxy) is 2. The fourth-order valence-corrected chi connectivity index (χ4v) is 4.26. The Hall–Kier alpha value is -2.61. The molecular formula is C19H23N3O5. The number of imide groups is 1. The minimum atomic E-state index is -0.504. The zero-order chi connectivity index (χ0) is 19.0. The highest BCUT2D eigenvalue weighted by molar-refractivity contribution is 6.04. The van der Waals surface area contributed by atoms with Crippen LogP contribution in [0, 0.1) is 0 Å². The number of carbonyl (C=O) groups is 3. The first-order valence-corrected chi connectivity index (χ1v) is 9.20. The van der Waals surface area contributed by atoms with Gasteiger partial charge < -0.3 is 19.7 Å². The number of nitrogens with one attached hydrogen (secondary N) is 1. The summed E-state index contributed by atoms with van der Waals surface area (Å²) >= 11 is 0. The van der Waals surface area contributed by atoms with E-state index in [1.807, 2.05) is 12.1 Å². The van der Waals surface area contributed by atoms with Crippen molar-refractivity contribution in [2.24, 2.45) is 0 Å². The summed E-state index contributed by atoms with van der Waals surface area (Å²) in [6.45, 7) is 1.43. The van der Waals surface area contributed by atoms with E-state index in [4.69, 9.17) is 9.47 Å². The second-order valence-corrected chi connectivity index (χ2v) is 7.11. The normalized spacial score (nSPS) is 21.2. The van der Waals surface area contributed by atoms with E-state index in [0.717, 1.165) is 22.6 Å². The van der Waals surface area contributed by atoms with Crippen LogP contribution in [-0.4, -0.2) is 67.5 Å². The average Bonchev–Trinajstić information content (AvgIpc) is 3.00. The number of methoxy groups -OCH3 is 1. The molecule has 0 radical (unpaired) electrons. The third-order valence-electron chi connectivity index (χ3n) is 5.69. The molecular weight excluding hydrogens is 350 g/mol. The lowest BCUT2D eigenvalue weighted by Gasteiger charge is -2.45. The maximum atomic E-state index is 12.6. The molecule has 3 aliphatic heterocycles. The SMILES string of the molecule is COc1cccc2c1C1(CCN(C(=O)CN3C(=O)CNC3=O)CC1)OCC2. The second-order valence-electron chi connectivity index (χ2n) is 7.11. The first-order chi connectivity index (χ1) is 13.0. The van der Waals surface area contributed by atoms with E-state index in [1.165, 1.54) is 5.56 Å². The summed E-state index contributed by atoms with van der Waals surface area (Å²) in [4.78, 5) is 38.6. The van der Waals surface area contributed by atoms with Crippen molar-refractivity contribution in [2.75, 3.05) is 39.9 Å². The molecule has 3 heterocycles. The molecule has 8 heteroatoms. The van der Waals surface area contributed by atoms with Crippen molar-refractivity contribution < 1.29 is 23.9 Å². The molecule has 1 aromatic carbocycles. The van der Waals surface area contributed by atoms with Gasteiger partial charge >= 0.3 is 6.03 Å². The summed E-state index contributed by atoms with van der Waals surface area (Å²) in [7, 11) is 1.66. The maximum Gasteiger partial charge on any atom is 0.325 e. The largest absolute Gasteiger partial charge is 0.496 e. The molecule has 1 spiro atoms. The number of urea groups is 1. The number of nitrogens with zero attached hydrogens (tertiary/aromatic N) is 2. The summed E-state index contributed by atoms with van der Waals surface area (Å²) in [6.07, 6.45) is 2.17. The number of rotatable bonds is 3. The standard InChI is InChI=1S/C19H23N3O5/c1-26-14-4-2-3-13-5-10-27-19(17(13)14)6-8-21(9-7-19)16(24)12-22-15(23)11-20-18(22)25/h2-4H,5-12H2,1H3,(H,20,25). The molecule has 2 fully saturated rings. The van der Waals surface area contributed by atoms with Gasteiger partial charge in [-0.15, -0.1) is 0 Å². The van der Waals surface area contributed by atoms with Crippen LogP contribution < -0.4 is 10.1 Å². The first kappa shape index (κ1) is 17.8. The zero-order valence-electron chi connectivity index (χ0n) is 15.3. The third kappa shape index (κ3) is 3.03. The summed E-state index contributed by atoms with van der Waals surface area (Å²) in [6, 6.07) is 5.55. The van der Waals surface area contributed by atoms with E-state index in [1.54, 1.807) is 12.0 Å². The van der Waals surface area contributed by atoms with Crippen molar-refractivity contribution in [1.29, 1.82) is 0 Å². The third-order valence-corrected chi connectivity index (χ3v) is 5.69. The van der Waals surface area contributed by atoms with Gasteiger partial charge in [0.2, 0.25) is 5.91 Å². The van der Waals surface area contributed by atoms with Crippen LogP contribution >= 0.6 is 0 Å². The maximum absolute atomic E-state index is 12.6. The van der Waals surface area contributed by atoms with Gasteiger partial charge in [-0.25, -0.2) is 4.79 Å². The Morgan fingerprint density at radius 3 is 2.74 bits per heavy atom. The summed E-state index contributed by atoms with van der Waals surface area (Å²) in [5.41, 5.74) is 1.89. The van der Waals surface area contributed by atoms with Gasteiger partial charge in [0.25, 0.3) is 5.91 Å². The Morgan fingerprint density at radius 2 is 2.07 bits per heavy atom. The van der Waals surface area contributed by atoms with Gasteiger partial charge in [-0.05, 0) is 30.9 Å². The summed E-state index contributed by atoms with van der Waals surface area (Å²) < 4.78 is 11.8. The summed E-state index contributed by atoms with van der Waals surface area (Å²) in [5.74, 6) is 0.244. The lowest BCUT2D eigenvalue weighted by atomic mass is 9.78. The van der Waals surface area contributed by atoms with Crippen molar-refractivity contribution in [2.45, 2.75) is 24.9 Å². The van der Waals surface area contributed by atoms with Gasteiger partial charge in [0, 0.05) is 18.7 Å². The van der Waals surface area contributed by atoms with Gasteiger partial charge in [0.05, 0.1) is 20.3 Å². The molecule has 8 nitrogen and oxygen atoms in total. The second kappa shape index (κ2) is 6.84. The van der Waals surface area contributed by atoms with Crippen LogP contribution in [-0.2, 0) is 26.3 Å². The Kier molecular flexibility index (Phi) is 4.51. The molecule has 4 rings (SSSR count). The molecule has 144 valence electrons. The highest BCUT2D eigenvalue weighted by atomic mass is 16.5. The van der Waals surface area contributed by atoms with E-state index in [9.17, 15) is 14.4 Å². The molecule has 27 heavy (non-hydrogen) atoms. The minimum Gasteiger partial charge on any atom is -0.496 e. The molecule has 2 saturated heterocycles. The van der Waals surface area contributed by atoms with Crippen molar-refractivity contribution in [3.63, 3.8) is 0 Å². The Balaban J connectivity index is 1.48. The van der Waals surface area contributed by atoms with Gasteiger partial charge in [0.1, 0.15) is 17.9 Å². The predicted octanol–water partition coefficient (Wildman–Crippen LogP) is 0.637. The monoisotopic (exact) mass is 373 g/mol. The van der Waals surface area contributed by atoms with E-state index >= 15 is 0 Å². The molecule has 0 unspecified atom stereocenters. The number of likely N-dealkylation sites (tertiary alicyclic amines) is 1. The number of piperidine rings is 1. The zero-order valence-corrected chi connectivity index (χ0v) is 15.3. The first-order valence-electron chi connectivity index (χ1n) is 9.20. The number of carbonyl (C=O) groups excluding carboxylic acids is 3. The predicted molar refractivity (Wildman–Crippen MR) is 95.3 cm³/mol. The molecule has 0 atom stereocenters. The molecule has 4 amide bonds. The van der Waals surface area contributed by atoms with Crippen LogP contribution in [0.1, 0.15) is 24.0 Å². The number of fused-ring (bicyclic) bond motifs is 2. The number of benzene rings is 1. The Morgan fingerprint density at radius 1 is 1.30 bits per heavy atom. The van der Waals surface area contributed by atoms with E-state index in [0.29, 0.717) is 32.5 Å². The van der Waals surface area contributed by atoms with E-state index < -0.39 is 11.6 Å². The van der Waals surface area contributed by atoms with Crippen molar-refractivity contribution in [3.8, 4) is 5.75 Å². The van der Waals surface area contributed by atoms with Crippen molar-refractivity contribution >= 4 is 17.8 Å². The number of hydrogen-bond acceptors (Lipinski definition) is 5. The molecule has 1 aromatic rings. The van der Waals surface area contributed by atoms with Crippen LogP contribution in [0.5, 0.6) is 5.75 Å². The average molecular weight is 373 g/mol. The van der Waals surface area contributed by atoms with Crippen LogP contribution in [0.15, 0.2) is 18.2 Å². The van der Waals surface area contributed by atoms with Crippen LogP contribution in [0.2, 0.25) is 0 Å². The summed E-state index contributed by atoms with van der Waals surface area (Å²) in [5, 5.41) is 2.43. The van der Waals surface area contributed by atoms with Crippen molar-refractivity contribution in [1.82, 2.24) is 15.1 Å². The van der Waals surface area contributed by atoms with E-state index in [-0.39, 0.29) is 24.9 Å². The highest BCUT2D eigenvalue weighted by Gasteiger charge is 2.44. The number of hydrogen-bond donors (Lipinski definition) is 1. The van der Waals surface area contributed by atoms with Crippen LogP contribution in [0.25, 0.3) is 0 Å². The fourth-order valence-electron chi connectivity index (χ4n) is 4.26. The minimum absolute atomic E-state index is 0.0420. The molecule has 0 aliphatic carbocycles. The van der Waals surface area contributed by atoms with Crippen LogP contribution in [0.3, 0.4) is 0 Å². The molecule has 0 bridgehead atoms. The molecule has 0 saturated carbocycles. The Labute approximate surface area is 157 Å². The Bertz CT molecular complexity index is 755. The molecule has 1 N–H and O–H groups in total. The lowest BCUT2D eigenvalue weighted by molar-refractivity contribution is -0.143. The highest BCUT2D eigenvalue weighted by Crippen LogP contribution is 2.45. The van der Waals surface area contributed by atoms with Gasteiger partial charge in [0.15, 0.2) is 0 Å². The quantitative estimate of drug-likeness (QED) is 0.786. The number of amides is 4. The molecule has 3 aliphatic rings. The van der Waals surface area contributed by atoms with Crippen LogP contribution in [0.4, 0.5) is 4.79 Å². The van der Waals surface area contributed by atoms with Gasteiger partial charge in [-0.1, -0.05) is 12.1 Å². The molecule has 0 aromatic heterocycles. The lowest BCUT2D eigenvalue weighted by Crippen LogP contribution is -2.51. The fraction of sp³-hybridized carbons (Fsp3) is 0.526.